The van der Waals surface area contributed by atoms with Crippen LogP contribution < -0.4 is 4.74 Å². The zero-order chi connectivity index (χ0) is 16.2. The van der Waals surface area contributed by atoms with Crippen LogP contribution in [0.15, 0.2) is 27.9 Å². The summed E-state index contributed by atoms with van der Waals surface area (Å²) in [4.78, 5) is 4.28. The average molecular weight is 332 g/mol. The van der Waals surface area contributed by atoms with Gasteiger partial charge in [-0.3, -0.25) is 0 Å². The van der Waals surface area contributed by atoms with Gasteiger partial charge < -0.3 is 9.26 Å². The molecule has 0 N–H and O–H groups in total. The van der Waals surface area contributed by atoms with E-state index >= 15 is 0 Å². The number of hydrogen-bond donors (Lipinski definition) is 0. The van der Waals surface area contributed by atoms with E-state index in [1.165, 1.54) is 11.8 Å². The largest absolute Gasteiger partial charge is 0.494 e. The molecule has 0 spiro atoms. The SMILES string of the molecule is CCc1noc(CSc2nnnn2-c2cc(C)ccc2OC)n1. The maximum Gasteiger partial charge on any atom is 0.237 e. The highest BCUT2D eigenvalue weighted by Gasteiger charge is 2.15. The second kappa shape index (κ2) is 6.78. The van der Waals surface area contributed by atoms with E-state index in [9.17, 15) is 0 Å². The standard InChI is InChI=1S/C14H16N6O2S/c1-4-12-15-13(22-17-12)8-23-14-16-18-19-20(14)10-7-9(2)5-6-11(10)21-3/h5-7H,4,8H2,1-3H3. The van der Waals surface area contributed by atoms with Crippen LogP contribution in [-0.4, -0.2) is 37.5 Å². The molecule has 0 atom stereocenters. The molecule has 1 aromatic carbocycles. The van der Waals surface area contributed by atoms with Crippen LogP contribution in [0.2, 0.25) is 0 Å². The van der Waals surface area contributed by atoms with Gasteiger partial charge in [-0.15, -0.1) is 5.10 Å². The summed E-state index contributed by atoms with van der Waals surface area (Å²) in [5.74, 6) is 2.45. The van der Waals surface area contributed by atoms with Crippen LogP contribution in [0.1, 0.15) is 24.2 Å². The number of nitrogens with zero attached hydrogens (tertiary/aromatic N) is 6. The summed E-state index contributed by atoms with van der Waals surface area (Å²) in [6.45, 7) is 3.98. The third kappa shape index (κ3) is 3.34. The molecule has 0 unspecified atom stereocenters. The maximum atomic E-state index is 5.39. The lowest BCUT2D eigenvalue weighted by molar-refractivity contribution is 0.385. The van der Waals surface area contributed by atoms with Crippen LogP contribution in [0, 0.1) is 6.92 Å². The molecule has 0 aliphatic carbocycles. The molecule has 23 heavy (non-hydrogen) atoms. The molecule has 8 nitrogen and oxygen atoms in total. The minimum absolute atomic E-state index is 0.501. The molecular weight excluding hydrogens is 316 g/mol. The topological polar surface area (TPSA) is 91.8 Å². The van der Waals surface area contributed by atoms with Crippen molar-refractivity contribution in [3.8, 4) is 11.4 Å². The van der Waals surface area contributed by atoms with Gasteiger partial charge in [0, 0.05) is 6.42 Å². The Morgan fingerprint density at radius 1 is 1.35 bits per heavy atom. The van der Waals surface area contributed by atoms with E-state index in [1.807, 2.05) is 32.0 Å². The minimum atomic E-state index is 0.501. The fourth-order valence-corrected chi connectivity index (χ4v) is 2.73. The Labute approximate surface area is 137 Å². The summed E-state index contributed by atoms with van der Waals surface area (Å²) in [5.41, 5.74) is 1.89. The summed E-state index contributed by atoms with van der Waals surface area (Å²) in [5, 5.41) is 16.4. The normalized spacial score (nSPS) is 10.9. The van der Waals surface area contributed by atoms with Gasteiger partial charge in [-0.25, -0.2) is 0 Å². The van der Waals surface area contributed by atoms with E-state index in [1.54, 1.807) is 11.8 Å². The van der Waals surface area contributed by atoms with Crippen LogP contribution in [0.4, 0.5) is 0 Å². The van der Waals surface area contributed by atoms with Crippen LogP contribution in [0.3, 0.4) is 0 Å². The van der Waals surface area contributed by atoms with Crippen molar-refractivity contribution in [1.82, 2.24) is 30.3 Å². The van der Waals surface area contributed by atoms with Gasteiger partial charge in [-0.1, -0.05) is 29.9 Å². The Morgan fingerprint density at radius 3 is 2.96 bits per heavy atom. The van der Waals surface area contributed by atoms with Gasteiger partial charge in [0.25, 0.3) is 0 Å². The highest BCUT2D eigenvalue weighted by atomic mass is 32.2. The molecule has 0 fully saturated rings. The highest BCUT2D eigenvalue weighted by molar-refractivity contribution is 7.98. The molecule has 0 bridgehead atoms. The predicted molar refractivity (Wildman–Crippen MR) is 83.7 cm³/mol. The van der Waals surface area contributed by atoms with Gasteiger partial charge in [0.15, 0.2) is 5.82 Å². The molecule has 3 aromatic rings. The van der Waals surface area contributed by atoms with Crippen molar-refractivity contribution in [2.24, 2.45) is 0 Å². The molecular formula is C14H16N6O2S. The van der Waals surface area contributed by atoms with E-state index in [0.717, 1.165) is 17.7 Å². The molecule has 9 heteroatoms. The molecule has 0 saturated heterocycles. The first-order chi connectivity index (χ1) is 11.2. The van der Waals surface area contributed by atoms with E-state index in [-0.39, 0.29) is 0 Å². The molecule has 0 saturated carbocycles. The van der Waals surface area contributed by atoms with Crippen LogP contribution in [-0.2, 0) is 12.2 Å². The fraction of sp³-hybridized carbons (Fsp3) is 0.357. The second-order valence-electron chi connectivity index (χ2n) is 4.80. The monoisotopic (exact) mass is 332 g/mol. The van der Waals surface area contributed by atoms with E-state index in [0.29, 0.717) is 28.4 Å². The van der Waals surface area contributed by atoms with Crippen molar-refractivity contribution < 1.29 is 9.26 Å². The Kier molecular flexibility index (Phi) is 4.56. The summed E-state index contributed by atoms with van der Waals surface area (Å²) < 4.78 is 12.2. The Balaban J connectivity index is 1.83. The zero-order valence-corrected chi connectivity index (χ0v) is 13.9. The predicted octanol–water partition coefficient (Wildman–Crippen LogP) is 2.22. The van der Waals surface area contributed by atoms with Gasteiger partial charge >= 0.3 is 0 Å². The molecule has 0 aliphatic heterocycles. The minimum Gasteiger partial charge on any atom is -0.494 e. The summed E-state index contributed by atoms with van der Waals surface area (Å²) in [6.07, 6.45) is 0.742. The quantitative estimate of drug-likeness (QED) is 0.635. The van der Waals surface area contributed by atoms with Crippen molar-refractivity contribution in [1.29, 1.82) is 0 Å². The van der Waals surface area contributed by atoms with Gasteiger partial charge in [0.05, 0.1) is 12.9 Å². The number of thioether (sulfide) groups is 1. The molecule has 2 aromatic heterocycles. The van der Waals surface area contributed by atoms with Crippen LogP contribution in [0.5, 0.6) is 5.75 Å². The number of rotatable bonds is 6. The maximum absolute atomic E-state index is 5.39. The summed E-state index contributed by atoms with van der Waals surface area (Å²) >= 11 is 1.43. The third-order valence-corrected chi connectivity index (χ3v) is 4.06. The fourth-order valence-electron chi connectivity index (χ4n) is 2.00. The molecule has 2 heterocycles. The van der Waals surface area contributed by atoms with Crippen molar-refractivity contribution in [3.05, 3.63) is 35.5 Å². The van der Waals surface area contributed by atoms with E-state index in [2.05, 4.69) is 25.7 Å². The van der Waals surface area contributed by atoms with E-state index in [4.69, 9.17) is 9.26 Å². The van der Waals surface area contributed by atoms with Gasteiger partial charge in [0.1, 0.15) is 11.4 Å². The van der Waals surface area contributed by atoms with Gasteiger partial charge in [-0.2, -0.15) is 9.67 Å². The van der Waals surface area contributed by atoms with Crippen molar-refractivity contribution in [2.45, 2.75) is 31.2 Å². The van der Waals surface area contributed by atoms with Crippen molar-refractivity contribution in [3.63, 3.8) is 0 Å². The number of ether oxygens (including phenoxy) is 1. The lowest BCUT2D eigenvalue weighted by atomic mass is 10.2. The molecule has 120 valence electrons. The molecule has 0 radical (unpaired) electrons. The lowest BCUT2D eigenvalue weighted by Crippen LogP contribution is -2.02. The molecule has 3 rings (SSSR count). The zero-order valence-electron chi connectivity index (χ0n) is 13.1. The highest BCUT2D eigenvalue weighted by Crippen LogP contribution is 2.28. The van der Waals surface area contributed by atoms with E-state index < -0.39 is 0 Å². The summed E-state index contributed by atoms with van der Waals surface area (Å²) in [6, 6.07) is 5.84. The molecule has 0 amide bonds. The number of aromatic nitrogens is 6. The number of tetrazole rings is 1. The first kappa shape index (κ1) is 15.5. The number of aryl methyl sites for hydroxylation is 2. The Morgan fingerprint density at radius 2 is 2.22 bits per heavy atom. The van der Waals surface area contributed by atoms with Gasteiger partial charge in [0.2, 0.25) is 11.0 Å². The molecule has 0 aliphatic rings. The van der Waals surface area contributed by atoms with Gasteiger partial charge in [-0.05, 0) is 35.0 Å². The average Bonchev–Trinajstić information content (AvgIpc) is 3.21. The second-order valence-corrected chi connectivity index (χ2v) is 5.74. The van der Waals surface area contributed by atoms with Crippen molar-refractivity contribution in [2.75, 3.05) is 7.11 Å². The summed E-state index contributed by atoms with van der Waals surface area (Å²) in [7, 11) is 1.62. The lowest BCUT2D eigenvalue weighted by Gasteiger charge is -2.09. The van der Waals surface area contributed by atoms with Crippen molar-refractivity contribution >= 4 is 11.8 Å². The number of benzene rings is 1. The Bertz CT molecular complexity index is 800. The smallest absolute Gasteiger partial charge is 0.237 e. The third-order valence-electron chi connectivity index (χ3n) is 3.15. The van der Waals surface area contributed by atoms with Crippen LogP contribution >= 0.6 is 11.8 Å². The number of hydrogen-bond acceptors (Lipinski definition) is 8. The number of methoxy groups -OCH3 is 1. The first-order valence-corrected chi connectivity index (χ1v) is 8.07. The first-order valence-electron chi connectivity index (χ1n) is 7.09. The van der Waals surface area contributed by atoms with Crippen LogP contribution in [0.25, 0.3) is 5.69 Å². The Hall–Kier alpha value is -2.42.